The maximum atomic E-state index is 9.27. The summed E-state index contributed by atoms with van der Waals surface area (Å²) in [5, 5.41) is 9.27. The lowest BCUT2D eigenvalue weighted by Crippen LogP contribution is -2.05. The highest BCUT2D eigenvalue weighted by molar-refractivity contribution is 5.74. The van der Waals surface area contributed by atoms with Crippen LogP contribution >= 0.6 is 0 Å². The van der Waals surface area contributed by atoms with Crippen molar-refractivity contribution in [3.05, 3.63) is 23.8 Å². The number of nitrogen functional groups attached to an aromatic ring is 2. The molecule has 1 heterocycles. The molecule has 4 N–H and O–H groups in total. The predicted molar refractivity (Wildman–Crippen MR) is 88.0 cm³/mol. The molecule has 7 nitrogen and oxygen atoms in total. The van der Waals surface area contributed by atoms with Crippen LogP contribution in [-0.2, 0) is 0 Å². The van der Waals surface area contributed by atoms with Gasteiger partial charge in [-0.05, 0) is 24.6 Å². The van der Waals surface area contributed by atoms with Gasteiger partial charge in [0.15, 0.2) is 11.5 Å². The number of hydrogen-bond donors (Lipinski definition) is 2. The molecule has 0 fully saturated rings. The summed E-state index contributed by atoms with van der Waals surface area (Å²) in [5.74, 6) is 1.26. The van der Waals surface area contributed by atoms with Crippen LogP contribution in [-0.4, -0.2) is 23.7 Å². The Morgan fingerprint density at radius 2 is 2.00 bits per heavy atom. The predicted octanol–water partition coefficient (Wildman–Crippen LogP) is 2.37. The average Bonchev–Trinajstić information content (AvgIpc) is 2.54. The highest BCUT2D eigenvalue weighted by Gasteiger charge is 2.15. The number of nitrogens with two attached hydrogens (primary N) is 2. The molecule has 0 aliphatic rings. The van der Waals surface area contributed by atoms with Gasteiger partial charge < -0.3 is 20.9 Å². The fraction of sp³-hybridized carbons (Fsp3) is 0.312. The van der Waals surface area contributed by atoms with E-state index in [0.29, 0.717) is 29.4 Å². The Kier molecular flexibility index (Phi) is 5.20. The van der Waals surface area contributed by atoms with Crippen molar-refractivity contribution < 1.29 is 9.47 Å². The Hall–Kier alpha value is -3.01. The zero-order valence-corrected chi connectivity index (χ0v) is 13.2. The van der Waals surface area contributed by atoms with Crippen molar-refractivity contribution in [2.75, 3.05) is 25.2 Å². The van der Waals surface area contributed by atoms with E-state index >= 15 is 0 Å². The second-order valence-electron chi connectivity index (χ2n) is 4.87. The molecule has 0 saturated carbocycles. The summed E-state index contributed by atoms with van der Waals surface area (Å²) in [6, 6.07) is 7.31. The summed E-state index contributed by atoms with van der Waals surface area (Å²) in [5.41, 5.74) is 12.6. The molecule has 0 radical (unpaired) electrons. The molecule has 0 aliphatic carbocycles. The largest absolute Gasteiger partial charge is 0.493 e. The van der Waals surface area contributed by atoms with Gasteiger partial charge in [0.2, 0.25) is 5.95 Å². The van der Waals surface area contributed by atoms with E-state index in [-0.39, 0.29) is 17.3 Å². The van der Waals surface area contributed by atoms with Crippen LogP contribution in [0.3, 0.4) is 0 Å². The standard InChI is InChI=1S/C16H19N5O2/c1-3-4-7-23-12-6-5-10(8-13(12)22-2)14-11(9-17)15(18)21-16(19)20-14/h5-6,8H,3-4,7H2,1-2H3,(H4,18,19,20,21). The Balaban J connectivity index is 2.44. The molecule has 1 aromatic carbocycles. The van der Waals surface area contributed by atoms with Gasteiger partial charge in [-0.1, -0.05) is 13.3 Å². The maximum Gasteiger partial charge on any atom is 0.222 e. The van der Waals surface area contributed by atoms with Crippen molar-refractivity contribution in [1.82, 2.24) is 9.97 Å². The van der Waals surface area contributed by atoms with Gasteiger partial charge in [0.25, 0.3) is 0 Å². The molecule has 2 rings (SSSR count). The number of ether oxygens (including phenoxy) is 2. The lowest BCUT2D eigenvalue weighted by Gasteiger charge is -2.13. The molecule has 7 heteroatoms. The molecule has 0 spiro atoms. The number of methoxy groups -OCH3 is 1. The van der Waals surface area contributed by atoms with Crippen LogP contribution in [0, 0.1) is 11.3 Å². The highest BCUT2D eigenvalue weighted by atomic mass is 16.5. The molecule has 120 valence electrons. The van der Waals surface area contributed by atoms with E-state index in [2.05, 4.69) is 16.9 Å². The number of nitriles is 1. The summed E-state index contributed by atoms with van der Waals surface area (Å²) in [4.78, 5) is 7.93. The van der Waals surface area contributed by atoms with Gasteiger partial charge in [0.1, 0.15) is 17.5 Å². The van der Waals surface area contributed by atoms with Gasteiger partial charge >= 0.3 is 0 Å². The topological polar surface area (TPSA) is 120 Å². The Labute approximate surface area is 134 Å². The minimum absolute atomic E-state index is 0.0127. The number of anilines is 2. The van der Waals surface area contributed by atoms with Crippen LogP contribution in [0.4, 0.5) is 11.8 Å². The first-order valence-corrected chi connectivity index (χ1v) is 7.25. The first kappa shape index (κ1) is 16.4. The maximum absolute atomic E-state index is 9.27. The fourth-order valence-electron chi connectivity index (χ4n) is 2.08. The molecule has 0 bridgehead atoms. The number of rotatable bonds is 6. The molecular formula is C16H19N5O2. The van der Waals surface area contributed by atoms with Gasteiger partial charge in [-0.2, -0.15) is 10.2 Å². The Bertz CT molecular complexity index is 740. The summed E-state index contributed by atoms with van der Waals surface area (Å²) in [6.07, 6.45) is 2.01. The number of aromatic nitrogens is 2. The summed E-state index contributed by atoms with van der Waals surface area (Å²) < 4.78 is 11.0. The zero-order chi connectivity index (χ0) is 16.8. The average molecular weight is 313 g/mol. The molecule has 0 aliphatic heterocycles. The van der Waals surface area contributed by atoms with Crippen LogP contribution in [0.25, 0.3) is 11.3 Å². The van der Waals surface area contributed by atoms with Crippen molar-refractivity contribution in [2.45, 2.75) is 19.8 Å². The molecule has 0 atom stereocenters. The van der Waals surface area contributed by atoms with E-state index in [1.165, 1.54) is 0 Å². The summed E-state index contributed by atoms with van der Waals surface area (Å²) in [7, 11) is 1.56. The first-order chi connectivity index (χ1) is 11.1. The monoisotopic (exact) mass is 313 g/mol. The fourth-order valence-corrected chi connectivity index (χ4v) is 2.08. The Morgan fingerprint density at radius 3 is 2.65 bits per heavy atom. The summed E-state index contributed by atoms with van der Waals surface area (Å²) in [6.45, 7) is 2.71. The zero-order valence-electron chi connectivity index (χ0n) is 13.2. The number of benzene rings is 1. The van der Waals surface area contributed by atoms with Crippen molar-refractivity contribution >= 4 is 11.8 Å². The van der Waals surface area contributed by atoms with Crippen molar-refractivity contribution in [3.63, 3.8) is 0 Å². The number of unbranched alkanes of at least 4 members (excludes halogenated alkanes) is 1. The summed E-state index contributed by atoms with van der Waals surface area (Å²) >= 11 is 0. The molecule has 0 unspecified atom stereocenters. The van der Waals surface area contributed by atoms with E-state index in [1.807, 2.05) is 6.07 Å². The second kappa shape index (κ2) is 7.31. The van der Waals surface area contributed by atoms with E-state index in [4.69, 9.17) is 20.9 Å². The van der Waals surface area contributed by atoms with Crippen molar-refractivity contribution in [2.24, 2.45) is 0 Å². The third kappa shape index (κ3) is 3.61. The van der Waals surface area contributed by atoms with Crippen molar-refractivity contribution in [1.29, 1.82) is 5.26 Å². The smallest absolute Gasteiger partial charge is 0.222 e. The van der Waals surface area contributed by atoms with Gasteiger partial charge in [-0.25, -0.2) is 4.98 Å². The quantitative estimate of drug-likeness (QED) is 0.785. The third-order valence-corrected chi connectivity index (χ3v) is 3.26. The van der Waals surface area contributed by atoms with Crippen LogP contribution in [0.2, 0.25) is 0 Å². The normalized spacial score (nSPS) is 10.1. The lowest BCUT2D eigenvalue weighted by molar-refractivity contribution is 0.288. The first-order valence-electron chi connectivity index (χ1n) is 7.25. The Morgan fingerprint density at radius 1 is 1.22 bits per heavy atom. The SMILES string of the molecule is CCCCOc1ccc(-c2nc(N)nc(N)c2C#N)cc1OC. The number of hydrogen-bond acceptors (Lipinski definition) is 7. The van der Waals surface area contributed by atoms with E-state index in [1.54, 1.807) is 25.3 Å². The molecule has 0 amide bonds. The molecule has 2 aromatic rings. The minimum Gasteiger partial charge on any atom is -0.493 e. The van der Waals surface area contributed by atoms with Crippen LogP contribution in [0.1, 0.15) is 25.3 Å². The minimum atomic E-state index is 0.0127. The molecule has 1 aromatic heterocycles. The van der Waals surface area contributed by atoms with E-state index in [9.17, 15) is 5.26 Å². The van der Waals surface area contributed by atoms with Crippen LogP contribution in [0.15, 0.2) is 18.2 Å². The lowest BCUT2D eigenvalue weighted by atomic mass is 10.1. The molecule has 23 heavy (non-hydrogen) atoms. The van der Waals surface area contributed by atoms with Gasteiger partial charge in [0.05, 0.1) is 19.4 Å². The van der Waals surface area contributed by atoms with Gasteiger partial charge in [-0.15, -0.1) is 0 Å². The van der Waals surface area contributed by atoms with Crippen molar-refractivity contribution in [3.8, 4) is 28.8 Å². The molecular weight excluding hydrogens is 294 g/mol. The molecule has 0 saturated heterocycles. The third-order valence-electron chi connectivity index (χ3n) is 3.26. The van der Waals surface area contributed by atoms with E-state index in [0.717, 1.165) is 12.8 Å². The highest BCUT2D eigenvalue weighted by Crippen LogP contribution is 2.34. The van der Waals surface area contributed by atoms with Crippen LogP contribution in [0.5, 0.6) is 11.5 Å². The van der Waals surface area contributed by atoms with Gasteiger partial charge in [0, 0.05) is 5.56 Å². The second-order valence-corrected chi connectivity index (χ2v) is 4.87. The van der Waals surface area contributed by atoms with Crippen LogP contribution < -0.4 is 20.9 Å². The van der Waals surface area contributed by atoms with Gasteiger partial charge in [-0.3, -0.25) is 0 Å². The number of nitrogens with zero attached hydrogens (tertiary/aromatic N) is 3. The van der Waals surface area contributed by atoms with E-state index < -0.39 is 0 Å².